The molecule has 5 rings (SSSR count). The summed E-state index contributed by atoms with van der Waals surface area (Å²) in [4.78, 5) is 22.4. The number of carbonyl (C=O) groups excluding carboxylic acids is 1. The Morgan fingerprint density at radius 1 is 1.16 bits per heavy atom. The van der Waals surface area contributed by atoms with Crippen molar-refractivity contribution >= 4 is 65.6 Å². The van der Waals surface area contributed by atoms with E-state index < -0.39 is 21.9 Å². The molecule has 1 amide bonds. The molecule has 13 heteroatoms. The molecule has 0 N–H and O–H groups in total. The standard InChI is InChI=1S/C24H28ClFN4O4S3/c25-20-8-9-21(36-20)37(32,33)30-12-2-1-6-18(30)23(31)29(11-4-10-28-13-15-34-16-14-28)24-27-22-17(26)5-3-7-19(22)35-24/h3,5,7-9,18H,1-2,4,6,10-16H2. The van der Waals surface area contributed by atoms with E-state index in [9.17, 15) is 17.6 Å². The van der Waals surface area contributed by atoms with Gasteiger partial charge in [-0.25, -0.2) is 17.8 Å². The third-order valence-corrected chi connectivity index (χ3v) is 11.3. The van der Waals surface area contributed by atoms with Gasteiger partial charge in [-0.3, -0.25) is 14.6 Å². The zero-order valence-corrected chi connectivity index (χ0v) is 23.4. The average Bonchev–Trinajstić information content (AvgIpc) is 3.54. The molecule has 0 aliphatic carbocycles. The molecule has 200 valence electrons. The van der Waals surface area contributed by atoms with Crippen LogP contribution in [0.25, 0.3) is 10.2 Å². The van der Waals surface area contributed by atoms with Crippen molar-refractivity contribution in [2.75, 3.05) is 50.8 Å². The molecule has 37 heavy (non-hydrogen) atoms. The molecule has 0 spiro atoms. The number of morpholine rings is 1. The van der Waals surface area contributed by atoms with Gasteiger partial charge in [0.1, 0.15) is 21.6 Å². The summed E-state index contributed by atoms with van der Waals surface area (Å²) in [6.45, 7) is 4.41. The number of hydrogen-bond donors (Lipinski definition) is 0. The Labute approximate surface area is 228 Å². The number of nitrogens with zero attached hydrogens (tertiary/aromatic N) is 4. The molecule has 0 bridgehead atoms. The highest BCUT2D eigenvalue weighted by Crippen LogP contribution is 2.35. The number of aromatic nitrogens is 1. The van der Waals surface area contributed by atoms with Crippen molar-refractivity contribution in [1.82, 2.24) is 14.2 Å². The van der Waals surface area contributed by atoms with Crippen LogP contribution in [0.1, 0.15) is 25.7 Å². The molecule has 8 nitrogen and oxygen atoms in total. The predicted molar refractivity (Wildman–Crippen MR) is 145 cm³/mol. The number of halogens is 2. The number of rotatable bonds is 8. The quantitative estimate of drug-likeness (QED) is 0.388. The van der Waals surface area contributed by atoms with Gasteiger partial charge in [0.05, 0.1) is 22.3 Å². The van der Waals surface area contributed by atoms with E-state index in [1.54, 1.807) is 23.1 Å². The monoisotopic (exact) mass is 586 g/mol. The number of ether oxygens (including phenoxy) is 1. The molecule has 1 atom stereocenters. The lowest BCUT2D eigenvalue weighted by Gasteiger charge is -2.36. The second kappa shape index (κ2) is 11.6. The van der Waals surface area contributed by atoms with E-state index in [-0.39, 0.29) is 22.2 Å². The van der Waals surface area contributed by atoms with Gasteiger partial charge in [-0.2, -0.15) is 4.31 Å². The number of fused-ring (bicyclic) bond motifs is 1. The first kappa shape index (κ1) is 26.9. The van der Waals surface area contributed by atoms with Crippen LogP contribution >= 0.6 is 34.3 Å². The van der Waals surface area contributed by atoms with E-state index in [0.29, 0.717) is 53.2 Å². The number of hydrogen-bond acceptors (Lipinski definition) is 8. The van der Waals surface area contributed by atoms with Crippen LogP contribution in [0.15, 0.2) is 34.5 Å². The van der Waals surface area contributed by atoms with Crippen LogP contribution in [-0.2, 0) is 19.6 Å². The maximum absolute atomic E-state index is 14.4. The maximum Gasteiger partial charge on any atom is 0.253 e. The van der Waals surface area contributed by atoms with E-state index in [0.717, 1.165) is 37.4 Å². The van der Waals surface area contributed by atoms with Gasteiger partial charge in [-0.1, -0.05) is 35.4 Å². The number of carbonyl (C=O) groups is 1. The number of amides is 1. The number of anilines is 1. The second-order valence-corrected chi connectivity index (χ2v) is 13.9. The number of thiazole rings is 1. The van der Waals surface area contributed by atoms with Crippen LogP contribution in [0.4, 0.5) is 9.52 Å². The molecule has 2 aromatic heterocycles. The lowest BCUT2D eigenvalue weighted by molar-refractivity contribution is -0.123. The minimum absolute atomic E-state index is 0.123. The largest absolute Gasteiger partial charge is 0.379 e. The van der Waals surface area contributed by atoms with Crippen molar-refractivity contribution in [3.8, 4) is 0 Å². The Bertz CT molecular complexity index is 1360. The fourth-order valence-corrected chi connectivity index (χ4v) is 9.04. The predicted octanol–water partition coefficient (Wildman–Crippen LogP) is 4.45. The third kappa shape index (κ3) is 5.85. The van der Waals surface area contributed by atoms with E-state index in [2.05, 4.69) is 9.88 Å². The Morgan fingerprint density at radius 2 is 1.97 bits per heavy atom. The molecule has 1 unspecified atom stereocenters. The Hall–Kier alpha value is -1.67. The highest BCUT2D eigenvalue weighted by atomic mass is 35.5. The molecule has 2 aliphatic heterocycles. The molecular formula is C24H28ClFN4O4S3. The van der Waals surface area contributed by atoms with Gasteiger partial charge in [-0.15, -0.1) is 11.3 Å². The van der Waals surface area contributed by atoms with Gasteiger partial charge in [0, 0.05) is 32.7 Å². The first-order chi connectivity index (χ1) is 17.8. The van der Waals surface area contributed by atoms with Crippen molar-refractivity contribution in [2.45, 2.75) is 35.9 Å². The molecule has 1 aromatic carbocycles. The minimum Gasteiger partial charge on any atom is -0.379 e. The molecular weight excluding hydrogens is 559 g/mol. The molecule has 3 aromatic rings. The molecule has 2 aliphatic rings. The van der Waals surface area contributed by atoms with Crippen LogP contribution in [0.5, 0.6) is 0 Å². The Morgan fingerprint density at radius 3 is 2.70 bits per heavy atom. The first-order valence-corrected chi connectivity index (χ1v) is 15.7. The van der Waals surface area contributed by atoms with Gasteiger partial charge < -0.3 is 4.74 Å². The molecule has 0 saturated carbocycles. The smallest absolute Gasteiger partial charge is 0.253 e. The normalized spacial score (nSPS) is 19.9. The van der Waals surface area contributed by atoms with Crippen LogP contribution in [0.2, 0.25) is 4.34 Å². The second-order valence-electron chi connectivity index (χ2n) is 9.07. The number of piperidine rings is 1. The van der Waals surface area contributed by atoms with Crippen LogP contribution in [-0.4, -0.2) is 80.5 Å². The Kier molecular flexibility index (Phi) is 8.44. The zero-order valence-electron chi connectivity index (χ0n) is 20.1. The van der Waals surface area contributed by atoms with Crippen molar-refractivity contribution in [3.63, 3.8) is 0 Å². The summed E-state index contributed by atoms with van der Waals surface area (Å²) in [6, 6.07) is 6.90. The molecule has 0 radical (unpaired) electrons. The number of para-hydroxylation sites is 1. The van der Waals surface area contributed by atoms with Gasteiger partial charge >= 0.3 is 0 Å². The SMILES string of the molecule is O=C(C1CCCCN1S(=O)(=O)c1ccc(Cl)s1)N(CCCN1CCOCC1)c1nc2c(F)cccc2s1. The molecule has 4 heterocycles. The van der Waals surface area contributed by atoms with Gasteiger partial charge in [0.25, 0.3) is 10.0 Å². The molecule has 2 fully saturated rings. The third-order valence-electron chi connectivity index (χ3n) is 6.67. The minimum atomic E-state index is -3.90. The average molecular weight is 587 g/mol. The van der Waals surface area contributed by atoms with Crippen molar-refractivity contribution < 1.29 is 22.3 Å². The van der Waals surface area contributed by atoms with E-state index in [1.807, 2.05) is 0 Å². The van der Waals surface area contributed by atoms with Crippen molar-refractivity contribution in [1.29, 1.82) is 0 Å². The van der Waals surface area contributed by atoms with E-state index in [1.165, 1.54) is 27.8 Å². The Balaban J connectivity index is 1.44. The van der Waals surface area contributed by atoms with Gasteiger partial charge in [0.15, 0.2) is 5.13 Å². The zero-order chi connectivity index (χ0) is 26.0. The highest BCUT2D eigenvalue weighted by Gasteiger charge is 2.41. The highest BCUT2D eigenvalue weighted by molar-refractivity contribution is 7.91. The van der Waals surface area contributed by atoms with Crippen molar-refractivity contribution in [2.24, 2.45) is 0 Å². The number of thiophene rings is 1. The fourth-order valence-electron chi connectivity index (χ4n) is 4.77. The lowest BCUT2D eigenvalue weighted by Crippen LogP contribution is -2.53. The van der Waals surface area contributed by atoms with Crippen LogP contribution in [0.3, 0.4) is 0 Å². The van der Waals surface area contributed by atoms with Crippen molar-refractivity contribution in [3.05, 3.63) is 40.5 Å². The maximum atomic E-state index is 14.4. The number of sulfonamides is 1. The summed E-state index contributed by atoms with van der Waals surface area (Å²) in [5, 5.41) is 0.383. The topological polar surface area (TPSA) is 83.1 Å². The van der Waals surface area contributed by atoms with Gasteiger partial charge in [0.2, 0.25) is 5.91 Å². The summed E-state index contributed by atoms with van der Waals surface area (Å²) in [6.07, 6.45) is 2.50. The fraction of sp³-hybridized carbons (Fsp3) is 0.500. The van der Waals surface area contributed by atoms with Crippen LogP contribution < -0.4 is 4.90 Å². The summed E-state index contributed by atoms with van der Waals surface area (Å²) < 4.78 is 49.3. The first-order valence-electron chi connectivity index (χ1n) is 12.3. The van der Waals surface area contributed by atoms with Crippen LogP contribution in [0, 0.1) is 5.82 Å². The summed E-state index contributed by atoms with van der Waals surface area (Å²) in [7, 11) is -3.90. The summed E-state index contributed by atoms with van der Waals surface area (Å²) in [5.74, 6) is -0.774. The number of benzene rings is 1. The lowest BCUT2D eigenvalue weighted by atomic mass is 10.0. The summed E-state index contributed by atoms with van der Waals surface area (Å²) in [5.41, 5.74) is 0.217. The molecule has 2 saturated heterocycles. The van der Waals surface area contributed by atoms with E-state index >= 15 is 0 Å². The van der Waals surface area contributed by atoms with E-state index in [4.69, 9.17) is 16.3 Å². The van der Waals surface area contributed by atoms with Gasteiger partial charge in [-0.05, 0) is 43.5 Å². The summed E-state index contributed by atoms with van der Waals surface area (Å²) >= 11 is 8.25.